The van der Waals surface area contributed by atoms with E-state index < -0.39 is 0 Å². The fraction of sp³-hybridized carbons (Fsp3) is 0.182. The lowest BCUT2D eigenvalue weighted by molar-refractivity contribution is 0.515. The third-order valence-electron chi connectivity index (χ3n) is 2.08. The van der Waals surface area contributed by atoms with E-state index >= 15 is 0 Å². The molecule has 2 aromatic heterocycles. The minimum atomic E-state index is 0.699. The molecule has 2 heterocycles. The van der Waals surface area contributed by atoms with Crippen molar-refractivity contribution in [3.8, 4) is 0 Å². The topological polar surface area (TPSA) is 38.1 Å². The van der Waals surface area contributed by atoms with Crippen molar-refractivity contribution in [3.05, 3.63) is 48.2 Å². The van der Waals surface area contributed by atoms with Crippen molar-refractivity contribution in [2.75, 3.05) is 5.32 Å². The van der Waals surface area contributed by atoms with Crippen molar-refractivity contribution in [3.63, 3.8) is 0 Å². The quantitative estimate of drug-likeness (QED) is 0.804. The van der Waals surface area contributed by atoms with Gasteiger partial charge >= 0.3 is 0 Å². The van der Waals surface area contributed by atoms with Gasteiger partial charge in [0.1, 0.15) is 5.76 Å². The second-order valence-electron chi connectivity index (χ2n) is 3.12. The van der Waals surface area contributed by atoms with Gasteiger partial charge in [-0.1, -0.05) is 0 Å². The zero-order valence-corrected chi connectivity index (χ0v) is 8.03. The van der Waals surface area contributed by atoms with Crippen molar-refractivity contribution < 1.29 is 4.42 Å². The molecule has 0 saturated carbocycles. The molecule has 3 heteroatoms. The van der Waals surface area contributed by atoms with E-state index in [2.05, 4.69) is 10.3 Å². The van der Waals surface area contributed by atoms with Gasteiger partial charge in [-0.15, -0.1) is 0 Å². The number of nitrogens with zero attached hydrogens (tertiary/aromatic N) is 1. The summed E-state index contributed by atoms with van der Waals surface area (Å²) in [6, 6.07) is 5.84. The fourth-order valence-electron chi connectivity index (χ4n) is 1.23. The maximum absolute atomic E-state index is 5.30. The molecule has 0 spiro atoms. The average Bonchev–Trinajstić information content (AvgIpc) is 2.63. The lowest BCUT2D eigenvalue weighted by atomic mass is 10.3. The maximum Gasteiger partial charge on any atom is 0.125 e. The molecule has 0 aliphatic rings. The molecular formula is C11H12N2O. The predicted octanol–water partition coefficient (Wildman–Crippen LogP) is 2.60. The van der Waals surface area contributed by atoms with Crippen LogP contribution in [0.2, 0.25) is 0 Å². The van der Waals surface area contributed by atoms with E-state index in [1.54, 1.807) is 18.7 Å². The number of aryl methyl sites for hydroxylation is 1. The van der Waals surface area contributed by atoms with Crippen LogP contribution in [-0.4, -0.2) is 4.98 Å². The Labute approximate surface area is 82.8 Å². The third-order valence-corrected chi connectivity index (χ3v) is 2.08. The number of pyridine rings is 1. The zero-order valence-electron chi connectivity index (χ0n) is 8.03. The van der Waals surface area contributed by atoms with Crippen LogP contribution < -0.4 is 5.32 Å². The highest BCUT2D eigenvalue weighted by molar-refractivity contribution is 5.40. The minimum Gasteiger partial charge on any atom is -0.467 e. The Bertz CT molecular complexity index is 395. The summed E-state index contributed by atoms with van der Waals surface area (Å²) in [5.74, 6) is 0.967. The Hall–Kier alpha value is -1.77. The highest BCUT2D eigenvalue weighted by atomic mass is 16.3. The van der Waals surface area contributed by atoms with Crippen molar-refractivity contribution in [1.29, 1.82) is 0 Å². The Morgan fingerprint density at radius 2 is 2.36 bits per heavy atom. The molecule has 2 aromatic rings. The molecule has 0 fully saturated rings. The summed E-state index contributed by atoms with van der Waals surface area (Å²) in [5, 5.41) is 3.23. The van der Waals surface area contributed by atoms with Gasteiger partial charge in [-0.05, 0) is 30.7 Å². The van der Waals surface area contributed by atoms with Crippen LogP contribution in [0, 0.1) is 6.92 Å². The standard InChI is InChI=1S/C11H12N2O/c1-9-4-6-14-11(9)8-13-10-3-2-5-12-7-10/h2-7,13H,8H2,1H3. The van der Waals surface area contributed by atoms with Gasteiger partial charge in [0.25, 0.3) is 0 Å². The first kappa shape index (κ1) is 8.81. The Morgan fingerprint density at radius 3 is 3.00 bits per heavy atom. The van der Waals surface area contributed by atoms with E-state index in [4.69, 9.17) is 4.42 Å². The van der Waals surface area contributed by atoms with E-state index in [1.807, 2.05) is 25.1 Å². The number of aromatic nitrogens is 1. The zero-order chi connectivity index (χ0) is 9.80. The minimum absolute atomic E-state index is 0.699. The molecule has 3 nitrogen and oxygen atoms in total. The molecule has 0 amide bonds. The van der Waals surface area contributed by atoms with E-state index in [1.165, 1.54) is 5.56 Å². The van der Waals surface area contributed by atoms with Crippen LogP contribution >= 0.6 is 0 Å². The highest BCUT2D eigenvalue weighted by Crippen LogP contribution is 2.11. The number of rotatable bonds is 3. The molecule has 0 aliphatic carbocycles. The second kappa shape index (κ2) is 3.96. The number of nitrogens with one attached hydrogen (secondary N) is 1. The summed E-state index contributed by atoms with van der Waals surface area (Å²) >= 11 is 0. The van der Waals surface area contributed by atoms with Gasteiger partial charge in [0.15, 0.2) is 0 Å². The largest absolute Gasteiger partial charge is 0.467 e. The Morgan fingerprint density at radius 1 is 1.43 bits per heavy atom. The Kier molecular flexibility index (Phi) is 2.49. The van der Waals surface area contributed by atoms with Crippen molar-refractivity contribution >= 4 is 5.69 Å². The normalized spacial score (nSPS) is 10.1. The van der Waals surface area contributed by atoms with Gasteiger partial charge in [-0.3, -0.25) is 4.98 Å². The highest BCUT2D eigenvalue weighted by Gasteiger charge is 2.00. The first-order valence-electron chi connectivity index (χ1n) is 4.53. The first-order valence-corrected chi connectivity index (χ1v) is 4.53. The summed E-state index contributed by atoms with van der Waals surface area (Å²) in [5.41, 5.74) is 2.17. The first-order chi connectivity index (χ1) is 6.86. The third kappa shape index (κ3) is 1.93. The molecule has 0 saturated heterocycles. The van der Waals surface area contributed by atoms with E-state index in [0.717, 1.165) is 11.4 Å². The van der Waals surface area contributed by atoms with Gasteiger partial charge in [0.2, 0.25) is 0 Å². The molecule has 0 aromatic carbocycles. The van der Waals surface area contributed by atoms with Gasteiger partial charge < -0.3 is 9.73 Å². The van der Waals surface area contributed by atoms with E-state index in [0.29, 0.717) is 6.54 Å². The number of hydrogen-bond acceptors (Lipinski definition) is 3. The van der Waals surface area contributed by atoms with E-state index in [9.17, 15) is 0 Å². The predicted molar refractivity (Wildman–Crippen MR) is 55.0 cm³/mol. The van der Waals surface area contributed by atoms with Crippen molar-refractivity contribution in [1.82, 2.24) is 4.98 Å². The maximum atomic E-state index is 5.30. The van der Waals surface area contributed by atoms with Crippen molar-refractivity contribution in [2.45, 2.75) is 13.5 Å². The van der Waals surface area contributed by atoms with Crippen molar-refractivity contribution in [2.24, 2.45) is 0 Å². The molecule has 0 unspecified atom stereocenters. The average molecular weight is 188 g/mol. The van der Waals surface area contributed by atoms with Crippen LogP contribution in [0.15, 0.2) is 41.3 Å². The van der Waals surface area contributed by atoms with Gasteiger partial charge in [0.05, 0.1) is 18.5 Å². The number of hydrogen-bond donors (Lipinski definition) is 1. The molecule has 1 N–H and O–H groups in total. The fourth-order valence-corrected chi connectivity index (χ4v) is 1.23. The lowest BCUT2D eigenvalue weighted by Gasteiger charge is -2.03. The monoisotopic (exact) mass is 188 g/mol. The molecule has 0 atom stereocenters. The molecule has 72 valence electrons. The van der Waals surface area contributed by atoms with Gasteiger partial charge in [-0.25, -0.2) is 0 Å². The van der Waals surface area contributed by atoms with Crippen LogP contribution in [0.5, 0.6) is 0 Å². The van der Waals surface area contributed by atoms with Crippen LogP contribution in [-0.2, 0) is 6.54 Å². The molecule has 0 radical (unpaired) electrons. The summed E-state index contributed by atoms with van der Waals surface area (Å²) in [4.78, 5) is 4.01. The molecule has 0 bridgehead atoms. The lowest BCUT2D eigenvalue weighted by Crippen LogP contribution is -1.99. The molecule has 2 rings (SSSR count). The molecule has 14 heavy (non-hydrogen) atoms. The smallest absolute Gasteiger partial charge is 0.125 e. The summed E-state index contributed by atoms with van der Waals surface area (Å²) in [7, 11) is 0. The van der Waals surface area contributed by atoms with Gasteiger partial charge in [0, 0.05) is 12.4 Å². The summed E-state index contributed by atoms with van der Waals surface area (Å²) < 4.78 is 5.30. The van der Waals surface area contributed by atoms with Crippen LogP contribution in [0.3, 0.4) is 0 Å². The Balaban J connectivity index is 1.99. The van der Waals surface area contributed by atoms with Gasteiger partial charge in [-0.2, -0.15) is 0 Å². The van der Waals surface area contributed by atoms with E-state index in [-0.39, 0.29) is 0 Å². The number of furan rings is 1. The summed E-state index contributed by atoms with van der Waals surface area (Å²) in [6.45, 7) is 2.73. The molecular weight excluding hydrogens is 176 g/mol. The summed E-state index contributed by atoms with van der Waals surface area (Å²) in [6.07, 6.45) is 5.25. The van der Waals surface area contributed by atoms with Crippen LogP contribution in [0.25, 0.3) is 0 Å². The SMILES string of the molecule is Cc1ccoc1CNc1cccnc1. The second-order valence-corrected chi connectivity index (χ2v) is 3.12. The van der Waals surface area contributed by atoms with Crippen LogP contribution in [0.4, 0.5) is 5.69 Å². The number of anilines is 1. The molecule has 0 aliphatic heterocycles. The van der Waals surface area contributed by atoms with Crippen LogP contribution in [0.1, 0.15) is 11.3 Å².